The highest BCUT2D eigenvalue weighted by atomic mass is 32.2. The molecule has 1 aromatic carbocycles. The number of aliphatic hydroxyl groups excluding tert-OH is 1. The molecule has 3 N–H and O–H groups in total. The zero-order valence-corrected chi connectivity index (χ0v) is 22.6. The Kier molecular flexibility index (Phi) is 12.2. The first-order valence-electron chi connectivity index (χ1n) is 12.0. The second kappa shape index (κ2) is 14.5. The van der Waals surface area contributed by atoms with E-state index in [1.54, 1.807) is 18.4 Å². The maximum Gasteiger partial charge on any atom is 0.224 e. The first-order chi connectivity index (χ1) is 16.7. The van der Waals surface area contributed by atoms with Crippen molar-refractivity contribution < 1.29 is 23.1 Å². The minimum Gasteiger partial charge on any atom is -0.497 e. The molecule has 1 amide bonds. The van der Waals surface area contributed by atoms with Gasteiger partial charge in [-0.2, -0.15) is 0 Å². The zero-order valence-electron chi connectivity index (χ0n) is 20.9. The van der Waals surface area contributed by atoms with Gasteiger partial charge in [-0.25, -0.2) is 12.7 Å². The van der Waals surface area contributed by atoms with Crippen LogP contribution in [-0.2, 0) is 27.8 Å². The molecule has 2 aromatic rings. The Morgan fingerprint density at radius 3 is 2.49 bits per heavy atom. The molecule has 2 rings (SSSR count). The number of thiophene rings is 1. The molecule has 1 aromatic heterocycles. The summed E-state index contributed by atoms with van der Waals surface area (Å²) in [4.78, 5) is 15.8. The van der Waals surface area contributed by atoms with E-state index >= 15 is 0 Å². The molecule has 0 saturated heterocycles. The number of sulfonamides is 1. The van der Waals surface area contributed by atoms with E-state index in [4.69, 9.17) is 10.5 Å². The standard InChI is InChI=1S/C25H39N3O5S2/c1-4-12-28(13-5-2)35(31,32)15-11-25(30)27(18-20-8-6-9-21(16-20)33-3)19-24(29)23(26)17-22-10-7-14-34-22/h6-10,14,16,23-24,29H,4-5,11-13,15,17-19,26H2,1-3H3/t23-,24+/m0/s1. The summed E-state index contributed by atoms with van der Waals surface area (Å²) in [6.45, 7) is 4.96. The number of hydrogen-bond acceptors (Lipinski definition) is 7. The molecule has 8 nitrogen and oxygen atoms in total. The molecule has 10 heteroatoms. The SMILES string of the molecule is CCCN(CCC)S(=O)(=O)CCC(=O)N(Cc1cccc(OC)c1)C[C@@H](O)[C@@H](N)Cc1cccs1. The molecule has 0 saturated carbocycles. The number of nitrogens with zero attached hydrogens (tertiary/aromatic N) is 2. The summed E-state index contributed by atoms with van der Waals surface area (Å²) < 4.78 is 32.5. The summed E-state index contributed by atoms with van der Waals surface area (Å²) in [6.07, 6.45) is 0.799. The number of hydrogen-bond donors (Lipinski definition) is 2. The molecule has 0 bridgehead atoms. The highest BCUT2D eigenvalue weighted by molar-refractivity contribution is 7.89. The van der Waals surface area contributed by atoms with E-state index in [2.05, 4.69) is 0 Å². The fourth-order valence-electron chi connectivity index (χ4n) is 3.80. The van der Waals surface area contributed by atoms with Gasteiger partial charge in [0.2, 0.25) is 15.9 Å². The van der Waals surface area contributed by atoms with Gasteiger partial charge in [0.25, 0.3) is 0 Å². The quantitative estimate of drug-likeness (QED) is 0.348. The molecule has 35 heavy (non-hydrogen) atoms. The number of rotatable bonds is 16. The minimum absolute atomic E-state index is 0.0102. The summed E-state index contributed by atoms with van der Waals surface area (Å²) in [5.41, 5.74) is 7.06. The predicted octanol–water partition coefficient (Wildman–Crippen LogP) is 2.86. The van der Waals surface area contributed by atoms with Gasteiger partial charge < -0.3 is 20.5 Å². The van der Waals surface area contributed by atoms with Crippen LogP contribution in [-0.4, -0.2) is 73.3 Å². The van der Waals surface area contributed by atoms with E-state index < -0.39 is 22.2 Å². The van der Waals surface area contributed by atoms with E-state index in [0.717, 1.165) is 10.4 Å². The van der Waals surface area contributed by atoms with Gasteiger partial charge in [-0.15, -0.1) is 11.3 Å². The molecule has 0 aliphatic heterocycles. The number of methoxy groups -OCH3 is 1. The van der Waals surface area contributed by atoms with Gasteiger partial charge in [0.05, 0.1) is 19.0 Å². The number of nitrogens with two attached hydrogens (primary N) is 1. The summed E-state index contributed by atoms with van der Waals surface area (Å²) >= 11 is 1.57. The third kappa shape index (κ3) is 9.53. The molecule has 0 fully saturated rings. The van der Waals surface area contributed by atoms with Crippen LogP contribution in [0.15, 0.2) is 41.8 Å². The van der Waals surface area contributed by atoms with E-state index in [-0.39, 0.29) is 31.2 Å². The fourth-order valence-corrected chi connectivity index (χ4v) is 6.19. The first-order valence-corrected chi connectivity index (χ1v) is 14.5. The van der Waals surface area contributed by atoms with Gasteiger partial charge in [0.15, 0.2) is 0 Å². The molecule has 196 valence electrons. The van der Waals surface area contributed by atoms with Crippen molar-refractivity contribution in [1.29, 1.82) is 0 Å². The van der Waals surface area contributed by atoms with Crippen molar-refractivity contribution in [3.63, 3.8) is 0 Å². The Morgan fingerprint density at radius 2 is 1.89 bits per heavy atom. The Morgan fingerprint density at radius 1 is 1.17 bits per heavy atom. The van der Waals surface area contributed by atoms with Crippen LogP contribution in [0.5, 0.6) is 5.75 Å². The Bertz CT molecular complexity index is 992. The lowest BCUT2D eigenvalue weighted by atomic mass is 10.1. The largest absolute Gasteiger partial charge is 0.497 e. The van der Waals surface area contributed by atoms with E-state index in [1.165, 1.54) is 9.21 Å². The zero-order chi connectivity index (χ0) is 25.8. The van der Waals surface area contributed by atoms with Crippen LogP contribution >= 0.6 is 11.3 Å². The third-order valence-electron chi connectivity index (χ3n) is 5.69. The van der Waals surface area contributed by atoms with Gasteiger partial charge in [-0.1, -0.05) is 32.0 Å². The topological polar surface area (TPSA) is 113 Å². The summed E-state index contributed by atoms with van der Waals surface area (Å²) in [5.74, 6) is 0.0477. The van der Waals surface area contributed by atoms with Gasteiger partial charge in [0, 0.05) is 43.5 Å². The average molecular weight is 526 g/mol. The molecule has 2 atom stereocenters. The van der Waals surface area contributed by atoms with Gasteiger partial charge >= 0.3 is 0 Å². The second-order valence-corrected chi connectivity index (χ2v) is 11.7. The number of ether oxygens (including phenoxy) is 1. The van der Waals surface area contributed by atoms with Crippen LogP contribution in [0.25, 0.3) is 0 Å². The van der Waals surface area contributed by atoms with E-state index in [9.17, 15) is 18.3 Å². The van der Waals surface area contributed by atoms with Crippen LogP contribution in [0, 0.1) is 0 Å². The smallest absolute Gasteiger partial charge is 0.224 e. The Hall–Kier alpha value is -1.98. The predicted molar refractivity (Wildman–Crippen MR) is 141 cm³/mol. The highest BCUT2D eigenvalue weighted by Gasteiger charge is 2.26. The average Bonchev–Trinajstić information content (AvgIpc) is 3.35. The normalized spacial score (nSPS) is 13.5. The maximum absolute atomic E-state index is 13.2. The highest BCUT2D eigenvalue weighted by Crippen LogP contribution is 2.17. The first kappa shape index (κ1) is 29.3. The molecular formula is C25H39N3O5S2. The van der Waals surface area contributed by atoms with Crippen molar-refractivity contribution in [3.05, 3.63) is 52.2 Å². The van der Waals surface area contributed by atoms with Crippen molar-refractivity contribution in [1.82, 2.24) is 9.21 Å². The van der Waals surface area contributed by atoms with Crippen molar-refractivity contribution >= 4 is 27.3 Å². The Balaban J connectivity index is 2.14. The van der Waals surface area contributed by atoms with Crippen molar-refractivity contribution in [2.75, 3.05) is 32.5 Å². The van der Waals surface area contributed by atoms with Crippen LogP contribution in [0.3, 0.4) is 0 Å². The van der Waals surface area contributed by atoms with Crippen molar-refractivity contribution in [2.24, 2.45) is 5.73 Å². The van der Waals surface area contributed by atoms with Crippen LogP contribution in [0.4, 0.5) is 0 Å². The molecule has 1 heterocycles. The van der Waals surface area contributed by atoms with Crippen LogP contribution in [0.2, 0.25) is 0 Å². The van der Waals surface area contributed by atoms with E-state index in [0.29, 0.717) is 38.1 Å². The third-order valence-corrected chi connectivity index (χ3v) is 8.46. The molecule has 0 spiro atoms. The number of benzene rings is 1. The number of amides is 1. The lowest BCUT2D eigenvalue weighted by molar-refractivity contribution is -0.133. The Labute approximate surface area is 213 Å². The summed E-state index contributed by atoms with van der Waals surface area (Å²) in [6, 6.07) is 10.7. The summed E-state index contributed by atoms with van der Waals surface area (Å²) in [5, 5.41) is 12.8. The van der Waals surface area contributed by atoms with Gasteiger partial charge in [-0.05, 0) is 48.4 Å². The lowest BCUT2D eigenvalue weighted by Crippen LogP contribution is -2.46. The van der Waals surface area contributed by atoms with Crippen LogP contribution < -0.4 is 10.5 Å². The van der Waals surface area contributed by atoms with E-state index in [1.807, 2.05) is 55.6 Å². The fraction of sp³-hybridized carbons (Fsp3) is 0.560. The summed E-state index contributed by atoms with van der Waals surface area (Å²) in [7, 11) is -1.99. The van der Waals surface area contributed by atoms with Crippen molar-refractivity contribution in [3.8, 4) is 5.75 Å². The molecule has 0 radical (unpaired) electrons. The molecule has 0 aliphatic carbocycles. The van der Waals surface area contributed by atoms with Crippen LogP contribution in [0.1, 0.15) is 43.6 Å². The molecule has 0 unspecified atom stereocenters. The molecule has 0 aliphatic rings. The maximum atomic E-state index is 13.2. The van der Waals surface area contributed by atoms with Crippen molar-refractivity contribution in [2.45, 2.75) is 58.2 Å². The monoisotopic (exact) mass is 525 g/mol. The number of carbonyl (C=O) groups excluding carboxylic acids is 1. The van der Waals surface area contributed by atoms with Gasteiger partial charge in [-0.3, -0.25) is 4.79 Å². The van der Waals surface area contributed by atoms with Gasteiger partial charge in [0.1, 0.15) is 5.75 Å². The number of aliphatic hydroxyl groups is 1. The second-order valence-electron chi connectivity index (χ2n) is 8.61. The molecular weight excluding hydrogens is 486 g/mol. The minimum atomic E-state index is -3.56. The lowest BCUT2D eigenvalue weighted by Gasteiger charge is -2.29. The number of carbonyl (C=O) groups is 1.